The summed E-state index contributed by atoms with van der Waals surface area (Å²) in [4.78, 5) is 0. The Kier molecular flexibility index (Phi) is 7.36. The Hall–Kier alpha value is -1.14. The van der Waals surface area contributed by atoms with E-state index >= 15 is 0 Å². The van der Waals surface area contributed by atoms with Gasteiger partial charge >= 0.3 is 0 Å². The Morgan fingerprint density at radius 2 is 1.83 bits per heavy atom. The summed E-state index contributed by atoms with van der Waals surface area (Å²) in [5.74, 6) is 0.656. The molecule has 0 heterocycles. The van der Waals surface area contributed by atoms with E-state index in [1.54, 1.807) is 31.4 Å². The Labute approximate surface area is 107 Å². The molecule has 0 bridgehead atoms. The molecule has 1 rings (SSSR count). The standard InChI is InChI=1S/C13H20O5/c1-16-6-7-17-9-12(15)10-18-13-4-2-11(8-14)3-5-13/h2-5,12,14-15H,6-10H2,1H3. The van der Waals surface area contributed by atoms with Gasteiger partial charge in [0.2, 0.25) is 0 Å². The van der Waals surface area contributed by atoms with Crippen LogP contribution in [0, 0.1) is 0 Å². The van der Waals surface area contributed by atoms with E-state index in [9.17, 15) is 5.11 Å². The van der Waals surface area contributed by atoms with Crippen molar-refractivity contribution < 1.29 is 24.4 Å². The Balaban J connectivity index is 2.18. The molecule has 1 aromatic rings. The summed E-state index contributed by atoms with van der Waals surface area (Å²) in [6.07, 6.45) is -0.667. The highest BCUT2D eigenvalue weighted by molar-refractivity contribution is 5.26. The molecular formula is C13H20O5. The van der Waals surface area contributed by atoms with Crippen LogP contribution in [0.2, 0.25) is 0 Å². The summed E-state index contributed by atoms with van der Waals surface area (Å²) in [5.41, 5.74) is 0.825. The minimum Gasteiger partial charge on any atom is -0.491 e. The molecule has 0 aromatic heterocycles. The van der Waals surface area contributed by atoms with Crippen LogP contribution in [0.15, 0.2) is 24.3 Å². The topological polar surface area (TPSA) is 68.2 Å². The van der Waals surface area contributed by atoms with Crippen LogP contribution in [-0.2, 0) is 16.1 Å². The van der Waals surface area contributed by atoms with Crippen LogP contribution in [0.5, 0.6) is 5.75 Å². The zero-order valence-corrected chi connectivity index (χ0v) is 10.5. The van der Waals surface area contributed by atoms with E-state index in [4.69, 9.17) is 19.3 Å². The summed E-state index contributed by atoms with van der Waals surface area (Å²) in [6, 6.07) is 7.06. The molecular weight excluding hydrogens is 236 g/mol. The van der Waals surface area contributed by atoms with Crippen molar-refractivity contribution in [3.05, 3.63) is 29.8 Å². The summed E-state index contributed by atoms with van der Waals surface area (Å²) >= 11 is 0. The smallest absolute Gasteiger partial charge is 0.119 e. The molecule has 0 fully saturated rings. The fraction of sp³-hybridized carbons (Fsp3) is 0.538. The maximum Gasteiger partial charge on any atom is 0.119 e. The van der Waals surface area contributed by atoms with E-state index in [-0.39, 0.29) is 19.8 Å². The van der Waals surface area contributed by atoms with Gasteiger partial charge in [-0.05, 0) is 17.7 Å². The van der Waals surface area contributed by atoms with Gasteiger partial charge in [0.15, 0.2) is 0 Å². The molecule has 5 heteroatoms. The SMILES string of the molecule is COCCOCC(O)COc1ccc(CO)cc1. The summed E-state index contributed by atoms with van der Waals surface area (Å²) in [5, 5.41) is 18.5. The number of aliphatic hydroxyl groups is 2. The normalized spacial score (nSPS) is 12.4. The minimum atomic E-state index is -0.667. The average Bonchev–Trinajstić information content (AvgIpc) is 2.42. The van der Waals surface area contributed by atoms with Gasteiger partial charge in [-0.25, -0.2) is 0 Å². The van der Waals surface area contributed by atoms with Crippen LogP contribution < -0.4 is 4.74 Å². The number of aliphatic hydroxyl groups excluding tert-OH is 2. The largest absolute Gasteiger partial charge is 0.491 e. The highest BCUT2D eigenvalue weighted by Crippen LogP contribution is 2.12. The summed E-state index contributed by atoms with van der Waals surface area (Å²) in [6.45, 7) is 1.37. The first-order valence-corrected chi connectivity index (χ1v) is 5.83. The molecule has 0 saturated heterocycles. The van der Waals surface area contributed by atoms with Gasteiger partial charge in [0.25, 0.3) is 0 Å². The van der Waals surface area contributed by atoms with Crippen molar-refractivity contribution in [3.63, 3.8) is 0 Å². The molecule has 0 aliphatic rings. The molecule has 0 saturated carbocycles. The van der Waals surface area contributed by atoms with Crippen LogP contribution in [0.1, 0.15) is 5.56 Å². The van der Waals surface area contributed by atoms with Gasteiger partial charge < -0.3 is 24.4 Å². The first-order chi connectivity index (χ1) is 8.76. The van der Waals surface area contributed by atoms with Gasteiger partial charge in [0.1, 0.15) is 18.5 Å². The number of hydrogen-bond acceptors (Lipinski definition) is 5. The summed E-state index contributed by atoms with van der Waals surface area (Å²) < 4.78 is 15.4. The number of rotatable bonds is 9. The number of hydrogen-bond donors (Lipinski definition) is 2. The number of ether oxygens (including phenoxy) is 3. The lowest BCUT2D eigenvalue weighted by molar-refractivity contribution is -0.00419. The fourth-order valence-electron chi connectivity index (χ4n) is 1.29. The van der Waals surface area contributed by atoms with Gasteiger partial charge in [-0.15, -0.1) is 0 Å². The molecule has 18 heavy (non-hydrogen) atoms. The maximum absolute atomic E-state index is 9.58. The second-order valence-electron chi connectivity index (χ2n) is 3.83. The lowest BCUT2D eigenvalue weighted by Crippen LogP contribution is -2.24. The third-order valence-electron chi connectivity index (χ3n) is 2.29. The number of methoxy groups -OCH3 is 1. The quantitative estimate of drug-likeness (QED) is 0.633. The van der Waals surface area contributed by atoms with Crippen LogP contribution in [0.4, 0.5) is 0 Å². The van der Waals surface area contributed by atoms with E-state index < -0.39 is 6.10 Å². The molecule has 0 aliphatic carbocycles. The first-order valence-electron chi connectivity index (χ1n) is 5.83. The van der Waals surface area contributed by atoms with Gasteiger partial charge in [-0.2, -0.15) is 0 Å². The lowest BCUT2D eigenvalue weighted by Gasteiger charge is -2.12. The molecule has 0 aliphatic heterocycles. The molecule has 5 nitrogen and oxygen atoms in total. The Morgan fingerprint density at radius 1 is 1.11 bits per heavy atom. The lowest BCUT2D eigenvalue weighted by atomic mass is 10.2. The Morgan fingerprint density at radius 3 is 2.44 bits per heavy atom. The molecule has 102 valence electrons. The van der Waals surface area contributed by atoms with Gasteiger partial charge in [-0.1, -0.05) is 12.1 Å². The summed E-state index contributed by atoms with van der Waals surface area (Å²) in [7, 11) is 1.60. The van der Waals surface area contributed by atoms with Crippen LogP contribution in [0.3, 0.4) is 0 Å². The zero-order chi connectivity index (χ0) is 13.2. The van der Waals surface area contributed by atoms with Crippen LogP contribution in [-0.4, -0.2) is 49.9 Å². The molecule has 0 spiro atoms. The van der Waals surface area contributed by atoms with Crippen molar-refractivity contribution in [1.29, 1.82) is 0 Å². The molecule has 2 N–H and O–H groups in total. The highest BCUT2D eigenvalue weighted by atomic mass is 16.5. The second kappa shape index (κ2) is 8.88. The van der Waals surface area contributed by atoms with Crippen molar-refractivity contribution in [3.8, 4) is 5.75 Å². The van der Waals surface area contributed by atoms with Crippen molar-refractivity contribution in [2.45, 2.75) is 12.7 Å². The Bertz CT molecular complexity index is 312. The van der Waals surface area contributed by atoms with Crippen LogP contribution >= 0.6 is 0 Å². The predicted octanol–water partition coefficient (Wildman–Crippen LogP) is 0.582. The molecule has 1 unspecified atom stereocenters. The average molecular weight is 256 g/mol. The van der Waals surface area contributed by atoms with E-state index in [0.29, 0.717) is 19.0 Å². The fourth-order valence-corrected chi connectivity index (χ4v) is 1.29. The van der Waals surface area contributed by atoms with Crippen molar-refractivity contribution >= 4 is 0 Å². The van der Waals surface area contributed by atoms with Gasteiger partial charge in [-0.3, -0.25) is 0 Å². The second-order valence-corrected chi connectivity index (χ2v) is 3.83. The van der Waals surface area contributed by atoms with E-state index in [1.165, 1.54) is 0 Å². The predicted molar refractivity (Wildman–Crippen MR) is 66.6 cm³/mol. The first kappa shape index (κ1) is 14.9. The number of benzene rings is 1. The molecule has 1 atom stereocenters. The molecule has 0 radical (unpaired) electrons. The third-order valence-corrected chi connectivity index (χ3v) is 2.29. The monoisotopic (exact) mass is 256 g/mol. The highest BCUT2D eigenvalue weighted by Gasteiger charge is 2.05. The van der Waals surface area contributed by atoms with E-state index in [1.807, 2.05) is 0 Å². The van der Waals surface area contributed by atoms with Gasteiger partial charge in [0, 0.05) is 7.11 Å². The van der Waals surface area contributed by atoms with Gasteiger partial charge in [0.05, 0.1) is 26.4 Å². The van der Waals surface area contributed by atoms with Crippen molar-refractivity contribution in [1.82, 2.24) is 0 Å². The van der Waals surface area contributed by atoms with Crippen molar-refractivity contribution in [2.75, 3.05) is 33.5 Å². The molecule has 1 aromatic carbocycles. The van der Waals surface area contributed by atoms with Crippen LogP contribution in [0.25, 0.3) is 0 Å². The minimum absolute atomic E-state index is 0.0102. The third kappa shape index (κ3) is 5.97. The van der Waals surface area contributed by atoms with Crippen molar-refractivity contribution in [2.24, 2.45) is 0 Å². The molecule has 0 amide bonds. The zero-order valence-electron chi connectivity index (χ0n) is 10.5. The maximum atomic E-state index is 9.58. The van der Waals surface area contributed by atoms with E-state index in [2.05, 4.69) is 0 Å². The van der Waals surface area contributed by atoms with E-state index in [0.717, 1.165) is 5.56 Å².